The molecule has 0 bridgehead atoms. The molecule has 1 saturated heterocycles. The van der Waals surface area contributed by atoms with Crippen molar-refractivity contribution in [2.45, 2.75) is 45.8 Å². The molecule has 2 aromatic rings. The molecule has 3 heterocycles. The highest BCUT2D eigenvalue weighted by molar-refractivity contribution is 7.15. The maximum atomic E-state index is 14.7. The van der Waals surface area contributed by atoms with Gasteiger partial charge in [0.2, 0.25) is 0 Å². The summed E-state index contributed by atoms with van der Waals surface area (Å²) in [6, 6.07) is 2.98. The van der Waals surface area contributed by atoms with E-state index >= 15 is 0 Å². The maximum Gasteiger partial charge on any atom is 0.413 e. The van der Waals surface area contributed by atoms with Gasteiger partial charge in [0.1, 0.15) is 25.5 Å². The monoisotopic (exact) mass is 512 g/mol. The van der Waals surface area contributed by atoms with Crippen molar-refractivity contribution in [3.63, 3.8) is 0 Å². The minimum absolute atomic E-state index is 0.201. The molecule has 1 N–H and O–H groups in total. The number of hydrogen-bond acceptors (Lipinski definition) is 12. The number of carbonyl (C=O) groups is 3. The minimum atomic E-state index is -1.18. The number of halogens is 1. The van der Waals surface area contributed by atoms with Gasteiger partial charge in [-0.3, -0.25) is 19.5 Å². The molecule has 188 valence electrons. The fourth-order valence-corrected chi connectivity index (χ4v) is 4.12. The van der Waals surface area contributed by atoms with E-state index in [1.165, 1.54) is 26.0 Å². The Kier molecular flexibility index (Phi) is 8.24. The molecule has 13 nitrogen and oxygen atoms in total. The van der Waals surface area contributed by atoms with Gasteiger partial charge in [-0.25, -0.2) is 14.0 Å². The first-order valence-corrected chi connectivity index (χ1v) is 11.0. The molecule has 0 saturated carbocycles. The summed E-state index contributed by atoms with van der Waals surface area (Å²) in [5.74, 6) is -3.83. The van der Waals surface area contributed by atoms with E-state index in [9.17, 15) is 28.5 Å². The number of esters is 2. The molecule has 0 radical (unpaired) electrons. The molecule has 15 heteroatoms. The van der Waals surface area contributed by atoms with Crippen molar-refractivity contribution >= 4 is 40.2 Å². The van der Waals surface area contributed by atoms with E-state index in [0.717, 1.165) is 22.1 Å². The van der Waals surface area contributed by atoms with Gasteiger partial charge in [-0.15, -0.1) is 16.2 Å². The average molecular weight is 512 g/mol. The Morgan fingerprint density at radius 1 is 1.26 bits per heavy atom. The topological polar surface area (TPSA) is 164 Å². The van der Waals surface area contributed by atoms with E-state index in [-0.39, 0.29) is 18.2 Å². The molecule has 0 aliphatic carbocycles. The molecule has 0 unspecified atom stereocenters. The van der Waals surface area contributed by atoms with Crippen molar-refractivity contribution in [1.82, 2.24) is 9.55 Å². The predicted molar refractivity (Wildman–Crippen MR) is 117 cm³/mol. The fourth-order valence-electron chi connectivity index (χ4n) is 3.42. The molecule has 1 aliphatic rings. The van der Waals surface area contributed by atoms with Crippen LogP contribution in [0.4, 0.5) is 20.0 Å². The number of amides is 1. The number of hydrogen-bond donors (Lipinski definition) is 1. The first-order valence-electron chi connectivity index (χ1n) is 10.2. The molecule has 1 aliphatic heterocycles. The van der Waals surface area contributed by atoms with Crippen molar-refractivity contribution in [2.24, 2.45) is 11.1 Å². The zero-order valence-electron chi connectivity index (χ0n) is 18.8. The number of aromatic nitrogens is 2. The highest BCUT2D eigenvalue weighted by atomic mass is 32.1. The Morgan fingerprint density at radius 3 is 2.63 bits per heavy atom. The van der Waals surface area contributed by atoms with Crippen molar-refractivity contribution in [1.29, 1.82) is 0 Å². The van der Waals surface area contributed by atoms with Crippen molar-refractivity contribution in [3.05, 3.63) is 44.4 Å². The van der Waals surface area contributed by atoms with Crippen LogP contribution in [-0.2, 0) is 35.1 Å². The van der Waals surface area contributed by atoms with Gasteiger partial charge >= 0.3 is 23.7 Å². The van der Waals surface area contributed by atoms with E-state index < -0.39 is 59.7 Å². The third-order valence-corrected chi connectivity index (χ3v) is 5.81. The summed E-state index contributed by atoms with van der Waals surface area (Å²) >= 11 is 1.01. The molecule has 0 spiro atoms. The lowest BCUT2D eigenvalue weighted by molar-refractivity contribution is -0.152. The number of ether oxygens (including phenoxy) is 4. The number of thiophene rings is 1. The summed E-state index contributed by atoms with van der Waals surface area (Å²) in [7, 11) is 0. The summed E-state index contributed by atoms with van der Waals surface area (Å²) < 4.78 is 36.5. The summed E-state index contributed by atoms with van der Waals surface area (Å²) in [6.07, 6.45) is -3.09. The lowest BCUT2D eigenvalue weighted by Gasteiger charge is -2.23. The average Bonchev–Trinajstić information content (AvgIpc) is 3.37. The van der Waals surface area contributed by atoms with Gasteiger partial charge in [-0.05, 0) is 24.2 Å². The van der Waals surface area contributed by atoms with Crippen LogP contribution in [0.15, 0.2) is 28.3 Å². The highest BCUT2D eigenvalue weighted by Gasteiger charge is 2.47. The van der Waals surface area contributed by atoms with Crippen LogP contribution < -0.4 is 11.0 Å². The minimum Gasteiger partial charge on any atom is -0.465 e. The second-order valence-electron chi connectivity index (χ2n) is 7.43. The number of anilines is 1. The number of nitrogens with one attached hydrogen (secondary N) is 1. The van der Waals surface area contributed by atoms with Gasteiger partial charge in [0.05, 0.1) is 18.2 Å². The molecule has 0 aromatic carbocycles. The van der Waals surface area contributed by atoms with E-state index in [4.69, 9.17) is 18.9 Å². The lowest BCUT2D eigenvalue weighted by Crippen LogP contribution is -2.37. The second-order valence-corrected chi connectivity index (χ2v) is 8.58. The van der Waals surface area contributed by atoms with Crippen LogP contribution in [0.5, 0.6) is 0 Å². The lowest BCUT2D eigenvalue weighted by atomic mass is 10.0. The van der Waals surface area contributed by atoms with E-state index in [2.05, 4.69) is 10.2 Å². The summed E-state index contributed by atoms with van der Waals surface area (Å²) in [4.78, 5) is 62.0. The smallest absolute Gasteiger partial charge is 0.413 e. The Labute approximate surface area is 201 Å². The van der Waals surface area contributed by atoms with Gasteiger partial charge in [0.15, 0.2) is 16.6 Å². The van der Waals surface area contributed by atoms with Gasteiger partial charge in [0, 0.05) is 18.7 Å². The van der Waals surface area contributed by atoms with Gasteiger partial charge < -0.3 is 18.9 Å². The molecule has 35 heavy (non-hydrogen) atoms. The number of nitroso groups, excluding NO2 is 1. The Morgan fingerprint density at radius 2 is 2.00 bits per heavy atom. The van der Waals surface area contributed by atoms with Crippen LogP contribution in [0.1, 0.15) is 31.9 Å². The standard InChI is InChI=1S/C20H21FN4O9S/c1-9-16(34-11(3)27)13(8-31-10(2)26)18(33-9)25-6-14(21)17(22-19(25)28)23-20(29)32-7-12-4-5-15(24-30)35-12/h4-6,9,13,16,18H,7-8H2,1-3H3,(H,22,23,28,29)/t9-,13-,16-,18-/m1/s1. The van der Waals surface area contributed by atoms with Crippen molar-refractivity contribution in [2.75, 3.05) is 11.9 Å². The predicted octanol–water partition coefficient (Wildman–Crippen LogP) is 2.62. The molecular weight excluding hydrogens is 491 g/mol. The van der Waals surface area contributed by atoms with Crippen LogP contribution in [0.3, 0.4) is 0 Å². The van der Waals surface area contributed by atoms with E-state index in [1.54, 1.807) is 6.92 Å². The number of rotatable bonds is 8. The first-order chi connectivity index (χ1) is 16.6. The fraction of sp³-hybridized carbons (Fsp3) is 0.450. The van der Waals surface area contributed by atoms with Crippen LogP contribution in [0.25, 0.3) is 0 Å². The summed E-state index contributed by atoms with van der Waals surface area (Å²) in [5.41, 5.74) is -0.991. The highest BCUT2D eigenvalue weighted by Crippen LogP contribution is 2.36. The number of nitrogens with zero attached hydrogens (tertiary/aromatic N) is 3. The van der Waals surface area contributed by atoms with Crippen molar-refractivity contribution in [3.8, 4) is 0 Å². The maximum absolute atomic E-state index is 14.7. The Hall–Kier alpha value is -3.72. The molecule has 2 aromatic heterocycles. The van der Waals surface area contributed by atoms with Crippen LogP contribution in [-0.4, -0.2) is 46.4 Å². The third kappa shape index (κ3) is 6.45. The molecule has 1 amide bonds. The van der Waals surface area contributed by atoms with Crippen LogP contribution in [0.2, 0.25) is 0 Å². The van der Waals surface area contributed by atoms with Gasteiger partial charge in [0.25, 0.3) is 0 Å². The second kappa shape index (κ2) is 11.1. The molecule has 3 rings (SSSR count). The largest absolute Gasteiger partial charge is 0.465 e. The quantitative estimate of drug-likeness (QED) is 0.316. The first kappa shape index (κ1) is 25.9. The number of carbonyl (C=O) groups excluding carboxylic acids is 3. The normalized spacial score (nSPS) is 21.3. The van der Waals surface area contributed by atoms with Crippen molar-refractivity contribution < 1.29 is 37.7 Å². The van der Waals surface area contributed by atoms with E-state index in [0.29, 0.717) is 4.88 Å². The third-order valence-electron chi connectivity index (χ3n) is 4.87. The van der Waals surface area contributed by atoms with Crippen LogP contribution in [0, 0.1) is 16.6 Å². The molecule has 1 fully saturated rings. The SMILES string of the molecule is CC(=O)OC[C@@H]1[C@H](OC(C)=O)[C@@H](C)O[C@H]1n1cc(F)c(NC(=O)OCc2ccc(N=O)s2)nc1=O. The Bertz CT molecular complexity index is 1180. The zero-order valence-corrected chi connectivity index (χ0v) is 19.6. The van der Waals surface area contributed by atoms with Gasteiger partial charge in [-0.1, -0.05) is 0 Å². The van der Waals surface area contributed by atoms with Gasteiger partial charge in [-0.2, -0.15) is 4.98 Å². The zero-order chi connectivity index (χ0) is 25.7. The Balaban J connectivity index is 1.76. The summed E-state index contributed by atoms with van der Waals surface area (Å²) in [5, 5.41) is 4.99. The molecule has 4 atom stereocenters. The van der Waals surface area contributed by atoms with E-state index in [1.807, 2.05) is 5.32 Å². The molecular formula is C20H21FN4O9S. The van der Waals surface area contributed by atoms with Crippen LogP contribution >= 0.6 is 11.3 Å². The summed E-state index contributed by atoms with van der Waals surface area (Å²) in [6.45, 7) is 3.46.